The van der Waals surface area contributed by atoms with Crippen molar-refractivity contribution in [2.24, 2.45) is 5.73 Å². The second-order valence-electron chi connectivity index (χ2n) is 5.23. The summed E-state index contributed by atoms with van der Waals surface area (Å²) in [6.45, 7) is 5.60. The molecule has 1 aliphatic rings. The molecule has 0 aliphatic carbocycles. The first-order valence-electron chi connectivity index (χ1n) is 6.41. The second kappa shape index (κ2) is 5.59. The Labute approximate surface area is 117 Å². The summed E-state index contributed by atoms with van der Waals surface area (Å²) in [5, 5.41) is 3.63. The smallest absolute Gasteiger partial charge is 0.0569 e. The van der Waals surface area contributed by atoms with Gasteiger partial charge in [-0.25, -0.2) is 0 Å². The molecule has 1 fully saturated rings. The molecule has 2 rings (SSSR count). The van der Waals surface area contributed by atoms with Crippen LogP contribution in [0.2, 0.25) is 0 Å². The van der Waals surface area contributed by atoms with Crippen LogP contribution < -0.4 is 11.1 Å². The van der Waals surface area contributed by atoms with Crippen molar-refractivity contribution < 1.29 is 4.74 Å². The topological polar surface area (TPSA) is 47.3 Å². The van der Waals surface area contributed by atoms with Gasteiger partial charge in [-0.3, -0.25) is 0 Å². The van der Waals surface area contributed by atoms with Crippen molar-refractivity contribution in [2.45, 2.75) is 38.3 Å². The van der Waals surface area contributed by atoms with Crippen molar-refractivity contribution in [3.8, 4) is 0 Å². The molecule has 0 spiro atoms. The Morgan fingerprint density at radius 2 is 2.33 bits per heavy atom. The molecule has 0 bridgehead atoms. The van der Waals surface area contributed by atoms with Crippen molar-refractivity contribution >= 4 is 21.6 Å². The minimum Gasteiger partial charge on any atom is -0.378 e. The number of halogens is 1. The van der Waals surface area contributed by atoms with Gasteiger partial charge < -0.3 is 15.8 Å². The number of ether oxygens (including phenoxy) is 1. The fourth-order valence-corrected chi connectivity index (χ4v) is 2.88. The van der Waals surface area contributed by atoms with Gasteiger partial charge in [0.05, 0.1) is 11.6 Å². The van der Waals surface area contributed by atoms with Gasteiger partial charge in [-0.05, 0) is 60.3 Å². The third-order valence-corrected chi connectivity index (χ3v) is 4.27. The molecule has 1 aromatic carbocycles. The van der Waals surface area contributed by atoms with Crippen molar-refractivity contribution in [2.75, 3.05) is 18.5 Å². The van der Waals surface area contributed by atoms with E-state index in [4.69, 9.17) is 10.5 Å². The Morgan fingerprint density at radius 1 is 1.56 bits per heavy atom. The zero-order valence-electron chi connectivity index (χ0n) is 11.0. The molecule has 2 unspecified atom stereocenters. The Bertz CT molecular complexity index is 424. The molecule has 1 aliphatic heterocycles. The SMILES string of the molecule is Cc1ccc(Br)c(NC2(CN)CCOC(C)C2)c1. The maximum Gasteiger partial charge on any atom is 0.0569 e. The monoisotopic (exact) mass is 312 g/mol. The van der Waals surface area contributed by atoms with E-state index in [-0.39, 0.29) is 11.6 Å². The number of benzene rings is 1. The lowest BCUT2D eigenvalue weighted by Gasteiger charge is -2.41. The van der Waals surface area contributed by atoms with Gasteiger partial charge in [0.1, 0.15) is 0 Å². The Balaban J connectivity index is 2.21. The fourth-order valence-electron chi connectivity index (χ4n) is 2.54. The summed E-state index contributed by atoms with van der Waals surface area (Å²) in [7, 11) is 0. The van der Waals surface area contributed by atoms with E-state index in [2.05, 4.69) is 53.3 Å². The van der Waals surface area contributed by atoms with Gasteiger partial charge in [0, 0.05) is 23.3 Å². The molecule has 4 heteroatoms. The van der Waals surface area contributed by atoms with Crippen LogP contribution in [0.15, 0.2) is 22.7 Å². The van der Waals surface area contributed by atoms with E-state index in [0.29, 0.717) is 6.54 Å². The molecule has 3 nitrogen and oxygen atoms in total. The zero-order chi connectivity index (χ0) is 13.2. The number of nitrogens with one attached hydrogen (secondary N) is 1. The molecule has 0 aromatic heterocycles. The average Bonchev–Trinajstić information content (AvgIpc) is 2.34. The number of nitrogens with two attached hydrogens (primary N) is 1. The maximum absolute atomic E-state index is 6.00. The van der Waals surface area contributed by atoms with E-state index < -0.39 is 0 Å². The number of aryl methyl sites for hydroxylation is 1. The van der Waals surface area contributed by atoms with E-state index in [1.165, 1.54) is 5.56 Å². The van der Waals surface area contributed by atoms with Crippen molar-refractivity contribution in [3.63, 3.8) is 0 Å². The van der Waals surface area contributed by atoms with Gasteiger partial charge in [-0.1, -0.05) is 6.07 Å². The average molecular weight is 313 g/mol. The fraction of sp³-hybridized carbons (Fsp3) is 0.571. The largest absolute Gasteiger partial charge is 0.378 e. The summed E-state index contributed by atoms with van der Waals surface area (Å²) in [5.74, 6) is 0. The summed E-state index contributed by atoms with van der Waals surface area (Å²) < 4.78 is 6.70. The number of rotatable bonds is 3. The summed E-state index contributed by atoms with van der Waals surface area (Å²) in [6.07, 6.45) is 2.16. The molecule has 1 saturated heterocycles. The predicted octanol–water partition coefficient (Wildman–Crippen LogP) is 3.07. The van der Waals surface area contributed by atoms with E-state index in [1.807, 2.05) is 0 Å². The molecule has 0 saturated carbocycles. The van der Waals surface area contributed by atoms with Gasteiger partial charge in [0.25, 0.3) is 0 Å². The van der Waals surface area contributed by atoms with Crippen LogP contribution in [-0.4, -0.2) is 24.8 Å². The molecule has 18 heavy (non-hydrogen) atoms. The molecule has 3 N–H and O–H groups in total. The Hall–Kier alpha value is -0.580. The van der Waals surface area contributed by atoms with Crippen LogP contribution in [-0.2, 0) is 4.74 Å². The quantitative estimate of drug-likeness (QED) is 0.901. The van der Waals surface area contributed by atoms with Crippen molar-refractivity contribution in [3.05, 3.63) is 28.2 Å². The first kappa shape index (κ1) is 13.8. The minimum absolute atomic E-state index is 0.0476. The van der Waals surface area contributed by atoms with Crippen LogP contribution >= 0.6 is 15.9 Å². The van der Waals surface area contributed by atoms with Crippen LogP contribution in [0.4, 0.5) is 5.69 Å². The van der Waals surface area contributed by atoms with E-state index in [9.17, 15) is 0 Å². The lowest BCUT2D eigenvalue weighted by Crippen LogP contribution is -2.51. The predicted molar refractivity (Wildman–Crippen MR) is 78.9 cm³/mol. The maximum atomic E-state index is 6.00. The third kappa shape index (κ3) is 3.05. The standard InChI is InChI=1S/C14H21BrN2O/c1-10-3-4-12(15)13(7-10)17-14(9-16)5-6-18-11(2)8-14/h3-4,7,11,17H,5-6,8-9,16H2,1-2H3. The van der Waals surface area contributed by atoms with Crippen LogP contribution in [0.25, 0.3) is 0 Å². The van der Waals surface area contributed by atoms with Crippen molar-refractivity contribution in [1.82, 2.24) is 0 Å². The summed E-state index contributed by atoms with van der Waals surface area (Å²) >= 11 is 3.59. The summed E-state index contributed by atoms with van der Waals surface area (Å²) in [4.78, 5) is 0. The van der Waals surface area contributed by atoms with Crippen LogP contribution in [0.1, 0.15) is 25.3 Å². The highest BCUT2D eigenvalue weighted by Crippen LogP contribution is 2.32. The highest BCUT2D eigenvalue weighted by atomic mass is 79.9. The lowest BCUT2D eigenvalue weighted by atomic mass is 9.86. The third-order valence-electron chi connectivity index (χ3n) is 3.57. The van der Waals surface area contributed by atoms with Gasteiger partial charge in [0.15, 0.2) is 0 Å². The van der Waals surface area contributed by atoms with Gasteiger partial charge >= 0.3 is 0 Å². The van der Waals surface area contributed by atoms with Gasteiger partial charge in [0.2, 0.25) is 0 Å². The summed E-state index contributed by atoms with van der Waals surface area (Å²) in [5.41, 5.74) is 8.32. The second-order valence-corrected chi connectivity index (χ2v) is 6.08. The molecule has 2 atom stereocenters. The molecular formula is C14H21BrN2O. The molecule has 0 radical (unpaired) electrons. The highest BCUT2D eigenvalue weighted by Gasteiger charge is 2.34. The molecule has 100 valence electrons. The molecule has 0 amide bonds. The first-order valence-corrected chi connectivity index (χ1v) is 7.20. The number of hydrogen-bond acceptors (Lipinski definition) is 3. The van der Waals surface area contributed by atoms with E-state index in [0.717, 1.165) is 29.6 Å². The Morgan fingerprint density at radius 3 is 3.00 bits per heavy atom. The van der Waals surface area contributed by atoms with E-state index >= 15 is 0 Å². The van der Waals surface area contributed by atoms with Crippen LogP contribution in [0, 0.1) is 6.92 Å². The Kier molecular flexibility index (Phi) is 4.30. The molecule has 1 heterocycles. The van der Waals surface area contributed by atoms with E-state index in [1.54, 1.807) is 0 Å². The molecular weight excluding hydrogens is 292 g/mol. The summed E-state index contributed by atoms with van der Waals surface area (Å²) in [6, 6.07) is 6.32. The van der Waals surface area contributed by atoms with Crippen LogP contribution in [0.5, 0.6) is 0 Å². The normalized spacial score (nSPS) is 28.1. The first-order chi connectivity index (χ1) is 8.54. The van der Waals surface area contributed by atoms with Crippen LogP contribution in [0.3, 0.4) is 0 Å². The van der Waals surface area contributed by atoms with Gasteiger partial charge in [-0.15, -0.1) is 0 Å². The lowest BCUT2D eigenvalue weighted by molar-refractivity contribution is 0.000250. The van der Waals surface area contributed by atoms with Crippen molar-refractivity contribution in [1.29, 1.82) is 0 Å². The zero-order valence-corrected chi connectivity index (χ0v) is 12.6. The highest BCUT2D eigenvalue weighted by molar-refractivity contribution is 9.10. The van der Waals surface area contributed by atoms with Gasteiger partial charge in [-0.2, -0.15) is 0 Å². The molecule has 1 aromatic rings. The number of anilines is 1. The number of hydrogen-bond donors (Lipinski definition) is 2. The minimum atomic E-state index is -0.0476.